The molecule has 114 valence electrons. The van der Waals surface area contributed by atoms with Gasteiger partial charge in [0.2, 0.25) is 0 Å². The molecule has 3 rings (SSSR count). The Morgan fingerprint density at radius 2 is 2.19 bits per heavy atom. The molecule has 1 aromatic carbocycles. The minimum Gasteiger partial charge on any atom is -0.389 e. The normalized spacial score (nSPS) is 29.0. The summed E-state index contributed by atoms with van der Waals surface area (Å²) < 4.78 is 0. The highest BCUT2D eigenvalue weighted by atomic mass is 32.1. The summed E-state index contributed by atoms with van der Waals surface area (Å²) in [6.07, 6.45) is 5.33. The summed E-state index contributed by atoms with van der Waals surface area (Å²) in [5.74, 6) is 0.375. The van der Waals surface area contributed by atoms with Gasteiger partial charge in [-0.1, -0.05) is 36.7 Å². The van der Waals surface area contributed by atoms with E-state index < -0.39 is 5.60 Å². The Morgan fingerprint density at radius 1 is 1.38 bits per heavy atom. The first-order valence-electron chi connectivity index (χ1n) is 7.87. The zero-order chi connectivity index (χ0) is 15.0. The summed E-state index contributed by atoms with van der Waals surface area (Å²) in [5, 5.41) is 10.8. The topological polar surface area (TPSA) is 49.5 Å². The predicted molar refractivity (Wildman–Crippen MR) is 90.8 cm³/mol. The average Bonchev–Trinajstić information content (AvgIpc) is 2.46. The Kier molecular flexibility index (Phi) is 3.93. The van der Waals surface area contributed by atoms with Gasteiger partial charge in [0.15, 0.2) is 0 Å². The van der Waals surface area contributed by atoms with Gasteiger partial charge >= 0.3 is 0 Å². The van der Waals surface area contributed by atoms with Crippen molar-refractivity contribution >= 4 is 22.9 Å². The molecule has 4 heteroatoms. The van der Waals surface area contributed by atoms with Crippen molar-refractivity contribution in [3.63, 3.8) is 0 Å². The molecule has 3 nitrogen and oxygen atoms in total. The zero-order valence-electron chi connectivity index (χ0n) is 12.6. The first-order valence-corrected chi connectivity index (χ1v) is 8.28. The van der Waals surface area contributed by atoms with Crippen molar-refractivity contribution in [2.45, 2.75) is 44.6 Å². The second-order valence-electron chi connectivity index (χ2n) is 6.63. The zero-order valence-corrected chi connectivity index (χ0v) is 13.5. The minimum atomic E-state index is -0.442. The number of thiocarbonyl (C=S) groups is 1. The SMILES string of the molecule is Cc1ccc(N2CCC3(O)CCCCC3C2)c(C(N)=S)c1. The van der Waals surface area contributed by atoms with Gasteiger partial charge < -0.3 is 15.7 Å². The van der Waals surface area contributed by atoms with Crippen LogP contribution in [0, 0.1) is 12.8 Å². The molecule has 1 saturated carbocycles. The summed E-state index contributed by atoms with van der Waals surface area (Å²) in [7, 11) is 0. The van der Waals surface area contributed by atoms with Gasteiger partial charge in [0.1, 0.15) is 4.99 Å². The largest absolute Gasteiger partial charge is 0.389 e. The molecule has 0 aromatic heterocycles. The van der Waals surface area contributed by atoms with Gasteiger partial charge in [-0.25, -0.2) is 0 Å². The fourth-order valence-electron chi connectivity index (χ4n) is 3.91. The Morgan fingerprint density at radius 3 is 2.95 bits per heavy atom. The molecular weight excluding hydrogens is 280 g/mol. The highest BCUT2D eigenvalue weighted by Crippen LogP contribution is 2.41. The summed E-state index contributed by atoms with van der Waals surface area (Å²) in [5.41, 5.74) is 8.73. The molecule has 1 aromatic rings. The fourth-order valence-corrected chi connectivity index (χ4v) is 4.08. The van der Waals surface area contributed by atoms with E-state index in [0.717, 1.165) is 50.0 Å². The van der Waals surface area contributed by atoms with Gasteiger partial charge in [-0.05, 0) is 38.3 Å². The number of anilines is 1. The number of nitrogens with zero attached hydrogens (tertiary/aromatic N) is 1. The van der Waals surface area contributed by atoms with Crippen molar-refractivity contribution in [1.29, 1.82) is 0 Å². The van der Waals surface area contributed by atoms with Crippen LogP contribution < -0.4 is 10.6 Å². The van der Waals surface area contributed by atoms with E-state index in [2.05, 4.69) is 30.0 Å². The fraction of sp³-hybridized carbons (Fsp3) is 0.588. The Bertz CT molecular complexity index is 560. The van der Waals surface area contributed by atoms with Gasteiger partial charge in [-0.3, -0.25) is 0 Å². The van der Waals surface area contributed by atoms with E-state index in [1.165, 1.54) is 12.0 Å². The van der Waals surface area contributed by atoms with Gasteiger partial charge in [0, 0.05) is 30.3 Å². The second kappa shape index (κ2) is 5.58. The summed E-state index contributed by atoms with van der Waals surface area (Å²) in [4.78, 5) is 2.82. The smallest absolute Gasteiger partial charge is 0.106 e. The quantitative estimate of drug-likeness (QED) is 0.825. The van der Waals surface area contributed by atoms with E-state index in [0.29, 0.717) is 10.9 Å². The number of aryl methyl sites for hydroxylation is 1. The van der Waals surface area contributed by atoms with E-state index in [9.17, 15) is 5.11 Å². The van der Waals surface area contributed by atoms with Gasteiger partial charge in [0.25, 0.3) is 0 Å². The van der Waals surface area contributed by atoms with E-state index in [1.54, 1.807) is 0 Å². The number of hydrogen-bond acceptors (Lipinski definition) is 3. The summed E-state index contributed by atoms with van der Waals surface area (Å²) in [6, 6.07) is 6.30. The van der Waals surface area contributed by atoms with Crippen LogP contribution in [0.1, 0.15) is 43.2 Å². The van der Waals surface area contributed by atoms with Crippen molar-refractivity contribution in [2.75, 3.05) is 18.0 Å². The number of aliphatic hydroxyl groups is 1. The lowest BCUT2D eigenvalue weighted by Crippen LogP contribution is -2.53. The number of fused-ring (bicyclic) bond motifs is 1. The van der Waals surface area contributed by atoms with Crippen molar-refractivity contribution in [3.8, 4) is 0 Å². The average molecular weight is 304 g/mol. The van der Waals surface area contributed by atoms with E-state index >= 15 is 0 Å². The molecule has 1 heterocycles. The molecule has 1 saturated heterocycles. The van der Waals surface area contributed by atoms with E-state index in [4.69, 9.17) is 18.0 Å². The molecule has 2 fully saturated rings. The third-order valence-electron chi connectivity index (χ3n) is 5.19. The molecular formula is C17H24N2OS. The van der Waals surface area contributed by atoms with Crippen LogP contribution in [0.2, 0.25) is 0 Å². The molecule has 0 radical (unpaired) electrons. The first-order chi connectivity index (χ1) is 9.99. The molecule has 3 N–H and O–H groups in total. The van der Waals surface area contributed by atoms with Crippen molar-refractivity contribution in [1.82, 2.24) is 0 Å². The number of piperidine rings is 1. The highest BCUT2D eigenvalue weighted by molar-refractivity contribution is 7.80. The third kappa shape index (κ3) is 2.79. The van der Waals surface area contributed by atoms with Crippen LogP contribution in [-0.2, 0) is 0 Å². The van der Waals surface area contributed by atoms with Crippen LogP contribution in [-0.4, -0.2) is 28.8 Å². The second-order valence-corrected chi connectivity index (χ2v) is 7.07. The number of benzene rings is 1. The first kappa shape index (κ1) is 14.8. The lowest BCUT2D eigenvalue weighted by molar-refractivity contribution is -0.0612. The van der Waals surface area contributed by atoms with Gasteiger partial charge in [-0.2, -0.15) is 0 Å². The summed E-state index contributed by atoms with van der Waals surface area (Å²) >= 11 is 5.22. The molecule has 21 heavy (non-hydrogen) atoms. The number of hydrogen-bond donors (Lipinski definition) is 2. The Labute approximate surface area is 132 Å². The number of nitrogens with two attached hydrogens (primary N) is 1. The predicted octanol–water partition coefficient (Wildman–Crippen LogP) is 2.76. The van der Waals surface area contributed by atoms with Crippen LogP contribution >= 0.6 is 12.2 Å². The van der Waals surface area contributed by atoms with Crippen molar-refractivity contribution in [3.05, 3.63) is 29.3 Å². The van der Waals surface area contributed by atoms with Crippen LogP contribution in [0.5, 0.6) is 0 Å². The third-order valence-corrected chi connectivity index (χ3v) is 5.41. The Balaban J connectivity index is 1.87. The molecule has 2 unspecified atom stereocenters. The molecule has 0 bridgehead atoms. The summed E-state index contributed by atoms with van der Waals surface area (Å²) in [6.45, 7) is 3.85. The lowest BCUT2D eigenvalue weighted by Gasteiger charge is -2.48. The molecule has 1 aliphatic heterocycles. The van der Waals surface area contributed by atoms with Crippen LogP contribution in [0.3, 0.4) is 0 Å². The monoisotopic (exact) mass is 304 g/mol. The van der Waals surface area contributed by atoms with E-state index in [1.807, 2.05) is 0 Å². The highest BCUT2D eigenvalue weighted by Gasteiger charge is 2.43. The maximum Gasteiger partial charge on any atom is 0.106 e. The van der Waals surface area contributed by atoms with Crippen LogP contribution in [0.15, 0.2) is 18.2 Å². The Hall–Kier alpha value is -1.13. The van der Waals surface area contributed by atoms with Gasteiger partial charge in [-0.15, -0.1) is 0 Å². The van der Waals surface area contributed by atoms with Gasteiger partial charge in [0.05, 0.1) is 5.60 Å². The van der Waals surface area contributed by atoms with E-state index in [-0.39, 0.29) is 0 Å². The minimum absolute atomic E-state index is 0.375. The van der Waals surface area contributed by atoms with Crippen molar-refractivity contribution in [2.24, 2.45) is 11.7 Å². The maximum atomic E-state index is 10.8. The van der Waals surface area contributed by atoms with Crippen molar-refractivity contribution < 1.29 is 5.11 Å². The lowest BCUT2D eigenvalue weighted by atomic mass is 9.71. The maximum absolute atomic E-state index is 10.8. The molecule has 1 aliphatic carbocycles. The molecule has 0 amide bonds. The number of rotatable bonds is 2. The molecule has 2 aliphatic rings. The van der Waals surface area contributed by atoms with Crippen LogP contribution in [0.25, 0.3) is 0 Å². The molecule has 0 spiro atoms. The standard InChI is InChI=1S/C17H24N2OS/c1-12-5-6-15(14(10-12)16(18)21)19-9-8-17(20)7-3-2-4-13(17)11-19/h5-6,10,13,20H,2-4,7-9,11H2,1H3,(H2,18,21). The van der Waals surface area contributed by atoms with Crippen LogP contribution in [0.4, 0.5) is 5.69 Å². The molecule has 2 atom stereocenters.